The van der Waals surface area contributed by atoms with E-state index in [9.17, 15) is 24.2 Å². The highest BCUT2D eigenvalue weighted by Gasteiger charge is 2.48. The van der Waals surface area contributed by atoms with Crippen molar-refractivity contribution in [2.75, 3.05) is 19.1 Å². The molecule has 1 aliphatic rings. The van der Waals surface area contributed by atoms with Gasteiger partial charge >= 0.3 is 5.91 Å². The Bertz CT molecular complexity index is 1550. The third-order valence-corrected chi connectivity index (χ3v) is 6.89. The van der Waals surface area contributed by atoms with Crippen molar-refractivity contribution in [3.05, 3.63) is 83.2 Å². The number of amides is 1. The molecular formula is C26H19FN2O6S. The molecule has 0 spiro atoms. The first kappa shape index (κ1) is 23.3. The minimum Gasteiger partial charge on any atom is -0.507 e. The quantitative estimate of drug-likeness (QED) is 0.228. The normalized spacial score (nSPS) is 17.1. The summed E-state index contributed by atoms with van der Waals surface area (Å²) in [5, 5.41) is 21.5. The molecule has 4 aromatic rings. The van der Waals surface area contributed by atoms with Crippen LogP contribution in [0, 0.1) is 5.82 Å². The van der Waals surface area contributed by atoms with Gasteiger partial charge in [0.2, 0.25) is 0 Å². The number of Topliss-reactive ketones (excluding diaryl/α,β-unsaturated/α-hetero) is 1. The second-order valence-electron chi connectivity index (χ2n) is 7.94. The number of phenols is 1. The summed E-state index contributed by atoms with van der Waals surface area (Å²) < 4.78 is 24.7. The number of carbonyl (C=O) groups is 2. The van der Waals surface area contributed by atoms with Crippen molar-refractivity contribution in [3.63, 3.8) is 0 Å². The van der Waals surface area contributed by atoms with E-state index in [0.717, 1.165) is 11.3 Å². The van der Waals surface area contributed by atoms with Crippen LogP contribution in [0.25, 0.3) is 16.0 Å². The molecule has 1 aliphatic heterocycles. The van der Waals surface area contributed by atoms with Crippen molar-refractivity contribution < 1.29 is 33.7 Å². The summed E-state index contributed by atoms with van der Waals surface area (Å²) in [4.78, 5) is 32.2. The number of carbonyl (C=O) groups excluding carboxylic acids is 2. The van der Waals surface area contributed by atoms with Crippen LogP contribution in [0.4, 0.5) is 9.52 Å². The van der Waals surface area contributed by atoms with E-state index in [1.807, 2.05) is 0 Å². The van der Waals surface area contributed by atoms with E-state index in [4.69, 9.17) is 9.47 Å². The van der Waals surface area contributed by atoms with Crippen LogP contribution >= 0.6 is 11.3 Å². The van der Waals surface area contributed by atoms with E-state index >= 15 is 0 Å². The first-order valence-electron chi connectivity index (χ1n) is 10.7. The fourth-order valence-corrected chi connectivity index (χ4v) is 5.12. The Morgan fingerprint density at radius 1 is 1.03 bits per heavy atom. The standard InChI is InChI=1S/C26H19FN2O6S/c1-34-16-7-3-13(4-8-16)23(31)21-22(14-5-10-18(30)19(11-14)35-2)29(25(33)24(21)32)26-28-17-9-6-15(27)12-20(17)36-26/h3-12,22,30-31H,1-2H3/b23-21+. The molecule has 36 heavy (non-hydrogen) atoms. The number of fused-ring (bicyclic) bond motifs is 1. The lowest BCUT2D eigenvalue weighted by Gasteiger charge is -2.23. The predicted octanol–water partition coefficient (Wildman–Crippen LogP) is 4.78. The molecule has 8 nitrogen and oxygen atoms in total. The van der Waals surface area contributed by atoms with E-state index in [1.54, 1.807) is 24.3 Å². The van der Waals surface area contributed by atoms with Crippen molar-refractivity contribution >= 4 is 44.1 Å². The molecule has 0 saturated carbocycles. The number of aromatic hydroxyl groups is 1. The maximum absolute atomic E-state index is 13.8. The first-order chi connectivity index (χ1) is 17.3. The molecule has 2 N–H and O–H groups in total. The maximum atomic E-state index is 13.8. The van der Waals surface area contributed by atoms with Crippen LogP contribution in [-0.2, 0) is 9.59 Å². The summed E-state index contributed by atoms with van der Waals surface area (Å²) in [7, 11) is 2.87. The lowest BCUT2D eigenvalue weighted by atomic mass is 9.95. The third-order valence-electron chi connectivity index (χ3n) is 5.87. The van der Waals surface area contributed by atoms with E-state index in [1.165, 1.54) is 55.5 Å². The van der Waals surface area contributed by atoms with Gasteiger partial charge in [-0.05, 0) is 60.2 Å². The Balaban J connectivity index is 1.73. The molecule has 1 atom stereocenters. The molecule has 0 radical (unpaired) electrons. The fourth-order valence-electron chi connectivity index (χ4n) is 4.10. The molecule has 5 rings (SSSR count). The van der Waals surface area contributed by atoms with Gasteiger partial charge in [-0.1, -0.05) is 17.4 Å². The van der Waals surface area contributed by atoms with E-state index in [2.05, 4.69) is 4.98 Å². The zero-order valence-corrected chi connectivity index (χ0v) is 19.9. The molecule has 1 saturated heterocycles. The van der Waals surface area contributed by atoms with Crippen LogP contribution in [0.5, 0.6) is 17.2 Å². The number of thiazole rings is 1. The molecule has 3 aromatic carbocycles. The monoisotopic (exact) mass is 506 g/mol. The first-order valence-corrected chi connectivity index (χ1v) is 11.5. The highest BCUT2D eigenvalue weighted by molar-refractivity contribution is 7.22. The number of hydrogen-bond acceptors (Lipinski definition) is 8. The average Bonchev–Trinajstić information content (AvgIpc) is 3.41. The Morgan fingerprint density at radius 3 is 2.47 bits per heavy atom. The Morgan fingerprint density at radius 2 is 1.78 bits per heavy atom. The van der Waals surface area contributed by atoms with Crippen LogP contribution in [0.2, 0.25) is 0 Å². The van der Waals surface area contributed by atoms with Gasteiger partial charge in [-0.3, -0.25) is 14.5 Å². The molecule has 10 heteroatoms. The number of ketones is 1. The molecule has 0 bridgehead atoms. The SMILES string of the molecule is COc1ccc(/C(O)=C2\C(=O)C(=O)N(c3nc4ccc(F)cc4s3)C2c2ccc(O)c(OC)c2)cc1. The van der Waals surface area contributed by atoms with Crippen molar-refractivity contribution in [1.82, 2.24) is 4.98 Å². The summed E-state index contributed by atoms with van der Waals surface area (Å²) >= 11 is 1.04. The number of aliphatic hydroxyl groups excluding tert-OH is 1. The number of nitrogens with zero attached hydrogens (tertiary/aromatic N) is 2. The van der Waals surface area contributed by atoms with Crippen LogP contribution in [-0.4, -0.2) is 41.1 Å². The molecule has 1 amide bonds. The number of benzene rings is 3. The van der Waals surface area contributed by atoms with Gasteiger partial charge in [0.1, 0.15) is 17.3 Å². The van der Waals surface area contributed by atoms with Crippen molar-refractivity contribution in [1.29, 1.82) is 0 Å². The minimum absolute atomic E-state index is 0.119. The van der Waals surface area contributed by atoms with Crippen molar-refractivity contribution in [3.8, 4) is 17.2 Å². The smallest absolute Gasteiger partial charge is 0.301 e. The van der Waals surface area contributed by atoms with Crippen LogP contribution in [0.15, 0.2) is 66.2 Å². The van der Waals surface area contributed by atoms with Gasteiger partial charge in [-0.15, -0.1) is 0 Å². The van der Waals surface area contributed by atoms with Gasteiger partial charge < -0.3 is 19.7 Å². The van der Waals surface area contributed by atoms with E-state index < -0.39 is 23.5 Å². The molecule has 182 valence electrons. The second kappa shape index (κ2) is 8.97. The molecular weight excluding hydrogens is 487 g/mol. The van der Waals surface area contributed by atoms with Gasteiger partial charge in [-0.2, -0.15) is 0 Å². The number of hydrogen-bond donors (Lipinski definition) is 2. The zero-order chi connectivity index (χ0) is 25.6. The number of aliphatic hydroxyl groups is 1. The predicted molar refractivity (Wildman–Crippen MR) is 132 cm³/mol. The van der Waals surface area contributed by atoms with Crippen LogP contribution in [0.3, 0.4) is 0 Å². The number of methoxy groups -OCH3 is 2. The topological polar surface area (TPSA) is 109 Å². The molecule has 0 aliphatic carbocycles. The summed E-state index contributed by atoms with van der Waals surface area (Å²) in [6.45, 7) is 0. The minimum atomic E-state index is -1.09. The number of aromatic nitrogens is 1. The molecule has 2 heterocycles. The Labute approximate surface area is 208 Å². The number of anilines is 1. The fraction of sp³-hybridized carbons (Fsp3) is 0.115. The lowest BCUT2D eigenvalue weighted by molar-refractivity contribution is -0.132. The van der Waals surface area contributed by atoms with Crippen LogP contribution in [0.1, 0.15) is 17.2 Å². The maximum Gasteiger partial charge on any atom is 0.301 e. The third kappa shape index (κ3) is 3.81. The van der Waals surface area contributed by atoms with E-state index in [0.29, 0.717) is 27.1 Å². The van der Waals surface area contributed by atoms with Crippen LogP contribution < -0.4 is 14.4 Å². The Kier molecular flexibility index (Phi) is 5.81. The van der Waals surface area contributed by atoms with Crippen molar-refractivity contribution in [2.24, 2.45) is 0 Å². The van der Waals surface area contributed by atoms with Gasteiger partial charge in [0.25, 0.3) is 5.78 Å². The molecule has 1 unspecified atom stereocenters. The van der Waals surface area contributed by atoms with Crippen molar-refractivity contribution in [2.45, 2.75) is 6.04 Å². The molecule has 1 aromatic heterocycles. The lowest BCUT2D eigenvalue weighted by Crippen LogP contribution is -2.29. The van der Waals surface area contributed by atoms with Gasteiger partial charge in [-0.25, -0.2) is 9.37 Å². The number of rotatable bonds is 5. The highest BCUT2D eigenvalue weighted by atomic mass is 32.1. The average molecular weight is 507 g/mol. The number of phenolic OH excluding ortho intramolecular Hbond substituents is 1. The van der Waals surface area contributed by atoms with E-state index in [-0.39, 0.29) is 28.0 Å². The summed E-state index contributed by atoms with van der Waals surface area (Å²) in [6, 6.07) is 13.7. The van der Waals surface area contributed by atoms with Gasteiger partial charge in [0.05, 0.1) is 36.1 Å². The Hall–Kier alpha value is -4.44. The molecule has 1 fully saturated rings. The highest BCUT2D eigenvalue weighted by Crippen LogP contribution is 2.45. The summed E-state index contributed by atoms with van der Waals surface area (Å²) in [5.41, 5.74) is 0.985. The second-order valence-corrected chi connectivity index (χ2v) is 8.95. The van der Waals surface area contributed by atoms with Gasteiger partial charge in [0, 0.05) is 5.56 Å². The number of ether oxygens (including phenoxy) is 2. The number of halogens is 1. The van der Waals surface area contributed by atoms with Gasteiger partial charge in [0.15, 0.2) is 16.6 Å². The summed E-state index contributed by atoms with van der Waals surface area (Å²) in [6.07, 6.45) is 0. The zero-order valence-electron chi connectivity index (χ0n) is 19.1. The largest absolute Gasteiger partial charge is 0.507 e. The summed E-state index contributed by atoms with van der Waals surface area (Å²) in [5.74, 6) is -2.12.